The van der Waals surface area contributed by atoms with Gasteiger partial charge in [0, 0.05) is 51.0 Å². The lowest BCUT2D eigenvalue weighted by Crippen LogP contribution is -2.38. The van der Waals surface area contributed by atoms with Crippen LogP contribution in [0.5, 0.6) is 0 Å². The molecule has 1 saturated heterocycles. The number of methoxy groups -OCH3 is 1. The van der Waals surface area contributed by atoms with Crippen LogP contribution in [0.3, 0.4) is 0 Å². The second-order valence-electron chi connectivity index (χ2n) is 7.05. The molecule has 0 aliphatic carbocycles. The average Bonchev–Trinajstić information content (AvgIpc) is 3.01. The van der Waals surface area contributed by atoms with Gasteiger partial charge in [-0.2, -0.15) is 0 Å². The second kappa shape index (κ2) is 15.1. The van der Waals surface area contributed by atoms with Gasteiger partial charge >= 0.3 is 0 Å². The molecule has 28 heavy (non-hydrogen) atoms. The predicted molar refractivity (Wildman–Crippen MR) is 114 cm³/mol. The van der Waals surface area contributed by atoms with Crippen molar-refractivity contribution in [1.82, 2.24) is 10.2 Å². The van der Waals surface area contributed by atoms with Crippen LogP contribution in [0.2, 0.25) is 0 Å². The number of hydrogen-bond donors (Lipinski definition) is 2. The molecule has 0 aromatic carbocycles. The molecule has 1 aliphatic heterocycles. The largest absolute Gasteiger partial charge is 0.391 e. The summed E-state index contributed by atoms with van der Waals surface area (Å²) in [5.74, 6) is 2.00. The summed E-state index contributed by atoms with van der Waals surface area (Å²) in [5.41, 5.74) is 0. The number of ether oxygens (including phenoxy) is 1. The molecular formula is C19H34N2O5S2. The van der Waals surface area contributed by atoms with E-state index < -0.39 is 6.10 Å². The zero-order valence-electron chi connectivity index (χ0n) is 17.0. The highest BCUT2D eigenvalue weighted by molar-refractivity contribution is 8.76. The number of carbonyl (C=O) groups excluding carboxylic acids is 3. The summed E-state index contributed by atoms with van der Waals surface area (Å²) in [7, 11) is 5.01. The quantitative estimate of drug-likeness (QED) is 0.301. The summed E-state index contributed by atoms with van der Waals surface area (Å²) in [6.45, 7) is 3.07. The Kier molecular flexibility index (Phi) is 13.6. The van der Waals surface area contributed by atoms with E-state index in [1.165, 1.54) is 0 Å². The van der Waals surface area contributed by atoms with Crippen LogP contribution in [-0.2, 0) is 19.1 Å². The fourth-order valence-electron chi connectivity index (χ4n) is 3.07. The Hall–Kier alpha value is -0.770. The van der Waals surface area contributed by atoms with Gasteiger partial charge in [0.25, 0.3) is 0 Å². The van der Waals surface area contributed by atoms with Crippen molar-refractivity contribution in [1.29, 1.82) is 0 Å². The van der Waals surface area contributed by atoms with Gasteiger partial charge in [-0.15, -0.1) is 0 Å². The first kappa shape index (κ1) is 25.3. The van der Waals surface area contributed by atoms with E-state index in [1.807, 2.05) is 0 Å². The predicted octanol–water partition coefficient (Wildman–Crippen LogP) is 2.02. The molecule has 7 nitrogen and oxygen atoms in total. The van der Waals surface area contributed by atoms with Crippen LogP contribution < -0.4 is 5.32 Å². The number of nitrogens with one attached hydrogen (secondary N) is 1. The highest BCUT2D eigenvalue weighted by Gasteiger charge is 2.33. The first-order valence-corrected chi connectivity index (χ1v) is 12.4. The number of rotatable bonds is 15. The minimum atomic E-state index is -0.446. The van der Waals surface area contributed by atoms with Crippen molar-refractivity contribution in [3.8, 4) is 0 Å². The fourth-order valence-corrected chi connectivity index (χ4v) is 5.07. The van der Waals surface area contributed by atoms with E-state index in [4.69, 9.17) is 4.74 Å². The van der Waals surface area contributed by atoms with Gasteiger partial charge in [-0.3, -0.25) is 9.59 Å². The molecule has 0 spiro atoms. The zero-order valence-corrected chi connectivity index (χ0v) is 18.6. The number of hydrogen-bond acceptors (Lipinski definition) is 7. The Bertz CT molecular complexity index is 493. The molecule has 0 aromatic rings. The minimum absolute atomic E-state index is 0.0133. The van der Waals surface area contributed by atoms with Crippen molar-refractivity contribution < 1.29 is 24.2 Å². The third kappa shape index (κ3) is 11.3. The number of Topliss-reactive ketones (excluding diaryl/α,β-unsaturated/α-hetero) is 1. The normalized spacial score (nSPS) is 19.0. The Morgan fingerprint density at radius 1 is 1.11 bits per heavy atom. The summed E-state index contributed by atoms with van der Waals surface area (Å²) in [4.78, 5) is 36.5. The maximum Gasteiger partial charge on any atom is 0.223 e. The molecule has 1 fully saturated rings. The number of likely N-dealkylation sites (tertiary alicyclic amines) is 1. The average molecular weight is 435 g/mol. The molecule has 0 bridgehead atoms. The van der Waals surface area contributed by atoms with Crippen LogP contribution in [0.25, 0.3) is 0 Å². The van der Waals surface area contributed by atoms with Crippen LogP contribution in [0.1, 0.15) is 51.9 Å². The molecule has 0 saturated carbocycles. The van der Waals surface area contributed by atoms with E-state index in [-0.39, 0.29) is 23.6 Å². The van der Waals surface area contributed by atoms with E-state index in [0.29, 0.717) is 45.4 Å². The van der Waals surface area contributed by atoms with Gasteiger partial charge in [-0.05, 0) is 32.6 Å². The second-order valence-corrected chi connectivity index (χ2v) is 9.75. The lowest BCUT2D eigenvalue weighted by Gasteiger charge is -2.23. The summed E-state index contributed by atoms with van der Waals surface area (Å²) >= 11 is 0. The van der Waals surface area contributed by atoms with Gasteiger partial charge in [-0.1, -0.05) is 21.6 Å². The number of carbonyl (C=O) groups is 3. The number of ketones is 1. The van der Waals surface area contributed by atoms with Gasteiger partial charge in [-0.25, -0.2) is 0 Å². The van der Waals surface area contributed by atoms with E-state index in [9.17, 15) is 19.5 Å². The Morgan fingerprint density at radius 2 is 1.82 bits per heavy atom. The van der Waals surface area contributed by atoms with Gasteiger partial charge in [0.1, 0.15) is 5.78 Å². The molecule has 2 amide bonds. The van der Waals surface area contributed by atoms with Crippen LogP contribution in [0, 0.1) is 0 Å². The SMILES string of the molecule is COCC1CC(O)CN1C(=O)CCCSSCCNC(=O)CCCCC(C)=O. The van der Waals surface area contributed by atoms with Crippen molar-refractivity contribution in [3.63, 3.8) is 0 Å². The molecule has 162 valence electrons. The van der Waals surface area contributed by atoms with Crippen molar-refractivity contribution in [2.45, 2.75) is 64.0 Å². The molecule has 2 atom stereocenters. The number of β-amino-alcohol motifs (C(OH)–C–C–N with tert-alkyl or cyclic N) is 1. The smallest absolute Gasteiger partial charge is 0.223 e. The van der Waals surface area contributed by atoms with Crippen LogP contribution in [0.4, 0.5) is 0 Å². The van der Waals surface area contributed by atoms with Crippen LogP contribution in [0.15, 0.2) is 0 Å². The molecule has 0 aromatic heterocycles. The van der Waals surface area contributed by atoms with Crippen molar-refractivity contribution in [2.75, 3.05) is 38.3 Å². The van der Waals surface area contributed by atoms with Gasteiger partial charge in [0.05, 0.1) is 18.8 Å². The molecule has 9 heteroatoms. The zero-order chi connectivity index (χ0) is 20.8. The summed E-state index contributed by atoms with van der Waals surface area (Å²) in [6.07, 6.45) is 3.97. The fraction of sp³-hybridized carbons (Fsp3) is 0.842. The van der Waals surface area contributed by atoms with Gasteiger partial charge in [0.2, 0.25) is 11.8 Å². The summed E-state index contributed by atoms with van der Waals surface area (Å²) in [5, 5.41) is 12.6. The van der Waals surface area contributed by atoms with E-state index in [1.54, 1.807) is 40.5 Å². The highest BCUT2D eigenvalue weighted by Crippen LogP contribution is 2.23. The molecule has 2 unspecified atom stereocenters. The number of unbranched alkanes of at least 4 members (excludes halogenated alkanes) is 1. The lowest BCUT2D eigenvalue weighted by molar-refractivity contribution is -0.133. The monoisotopic (exact) mass is 434 g/mol. The van der Waals surface area contributed by atoms with Gasteiger partial charge < -0.3 is 24.9 Å². The lowest BCUT2D eigenvalue weighted by atomic mass is 10.1. The number of nitrogens with zero attached hydrogens (tertiary/aromatic N) is 1. The highest BCUT2D eigenvalue weighted by atomic mass is 33.1. The summed E-state index contributed by atoms with van der Waals surface area (Å²) < 4.78 is 5.13. The third-order valence-corrected chi connectivity index (χ3v) is 6.96. The molecular weight excluding hydrogens is 400 g/mol. The van der Waals surface area contributed by atoms with E-state index >= 15 is 0 Å². The van der Waals surface area contributed by atoms with Crippen LogP contribution in [-0.4, -0.2) is 78.1 Å². The van der Waals surface area contributed by atoms with Crippen molar-refractivity contribution in [3.05, 3.63) is 0 Å². The molecule has 1 rings (SSSR count). The number of amides is 2. The maximum atomic E-state index is 12.3. The topological polar surface area (TPSA) is 95.9 Å². The number of aliphatic hydroxyl groups is 1. The molecule has 1 heterocycles. The molecule has 2 N–H and O–H groups in total. The standard InChI is InChI=1S/C19H34N2O5S2/c1-15(22)6-3-4-7-18(24)20-9-11-28-27-10-5-8-19(25)21-13-17(23)12-16(21)14-26-2/h16-17,23H,3-14H2,1-2H3,(H,20,24). The Morgan fingerprint density at radius 3 is 2.54 bits per heavy atom. The maximum absolute atomic E-state index is 12.3. The van der Waals surface area contributed by atoms with Gasteiger partial charge in [0.15, 0.2) is 0 Å². The van der Waals surface area contributed by atoms with Crippen molar-refractivity contribution >= 4 is 39.2 Å². The molecule has 0 radical (unpaired) electrons. The Labute approximate surface area is 176 Å². The van der Waals surface area contributed by atoms with E-state index in [2.05, 4.69) is 5.32 Å². The third-order valence-electron chi connectivity index (χ3n) is 4.46. The minimum Gasteiger partial charge on any atom is -0.391 e. The van der Waals surface area contributed by atoms with E-state index in [0.717, 1.165) is 30.8 Å². The van der Waals surface area contributed by atoms with Crippen LogP contribution >= 0.6 is 21.6 Å². The Balaban J connectivity index is 1.98. The molecule has 1 aliphatic rings. The first-order valence-electron chi connectivity index (χ1n) is 9.91. The first-order chi connectivity index (χ1) is 13.4. The number of aliphatic hydroxyl groups excluding tert-OH is 1. The summed E-state index contributed by atoms with van der Waals surface area (Å²) in [6, 6.07) is -0.0133. The van der Waals surface area contributed by atoms with Crippen molar-refractivity contribution in [2.24, 2.45) is 0 Å².